The number of aromatic nitrogens is 2. The zero-order valence-electron chi connectivity index (χ0n) is 12.7. The molecule has 1 spiro atoms. The smallest absolute Gasteiger partial charge is 0.273 e. The van der Waals surface area contributed by atoms with Crippen molar-refractivity contribution in [1.29, 1.82) is 0 Å². The van der Waals surface area contributed by atoms with Gasteiger partial charge in [0.15, 0.2) is 0 Å². The quantitative estimate of drug-likeness (QED) is 0.887. The minimum atomic E-state index is -0.633. The summed E-state index contributed by atoms with van der Waals surface area (Å²) in [6, 6.07) is 1.82. The minimum absolute atomic E-state index is 0.0129. The molecule has 2 aliphatic heterocycles. The standard InChI is InChI=1S/C15H22N4O2/c1-3-19-12(10-11(2)17-19)13(20)18-9-5-7-15(18)6-4-8-16-14(15)21/h10H,3-9H2,1-2H3,(H,16,21). The number of rotatable bonds is 2. The van der Waals surface area contributed by atoms with E-state index in [1.54, 1.807) is 9.58 Å². The molecule has 3 heterocycles. The molecule has 0 aliphatic carbocycles. The van der Waals surface area contributed by atoms with Crippen LogP contribution in [0.3, 0.4) is 0 Å². The minimum Gasteiger partial charge on any atom is -0.354 e. The van der Waals surface area contributed by atoms with E-state index in [0.717, 1.165) is 31.4 Å². The number of likely N-dealkylation sites (tertiary alicyclic amines) is 1. The number of hydrogen-bond donors (Lipinski definition) is 1. The summed E-state index contributed by atoms with van der Waals surface area (Å²) in [6.07, 6.45) is 3.35. The average Bonchev–Trinajstić information content (AvgIpc) is 3.06. The number of piperidine rings is 1. The van der Waals surface area contributed by atoms with Gasteiger partial charge in [-0.05, 0) is 45.6 Å². The highest BCUT2D eigenvalue weighted by Crippen LogP contribution is 2.36. The van der Waals surface area contributed by atoms with Gasteiger partial charge in [0.2, 0.25) is 5.91 Å². The van der Waals surface area contributed by atoms with E-state index in [9.17, 15) is 9.59 Å². The Morgan fingerprint density at radius 3 is 2.90 bits per heavy atom. The molecule has 3 rings (SSSR count). The van der Waals surface area contributed by atoms with Gasteiger partial charge < -0.3 is 10.2 Å². The van der Waals surface area contributed by atoms with E-state index in [4.69, 9.17) is 0 Å². The second kappa shape index (κ2) is 5.16. The molecule has 1 N–H and O–H groups in total. The fraction of sp³-hybridized carbons (Fsp3) is 0.667. The van der Waals surface area contributed by atoms with Gasteiger partial charge in [-0.3, -0.25) is 14.3 Å². The Labute approximate surface area is 124 Å². The third kappa shape index (κ3) is 2.13. The van der Waals surface area contributed by atoms with E-state index < -0.39 is 5.54 Å². The predicted molar refractivity (Wildman–Crippen MR) is 77.9 cm³/mol. The van der Waals surface area contributed by atoms with Gasteiger partial charge >= 0.3 is 0 Å². The highest BCUT2D eigenvalue weighted by Gasteiger charge is 2.50. The first-order chi connectivity index (χ1) is 10.1. The van der Waals surface area contributed by atoms with Gasteiger partial charge in [0.05, 0.1) is 5.69 Å². The van der Waals surface area contributed by atoms with Crippen LogP contribution in [0.15, 0.2) is 6.07 Å². The van der Waals surface area contributed by atoms with Crippen molar-refractivity contribution in [2.24, 2.45) is 0 Å². The lowest BCUT2D eigenvalue weighted by Gasteiger charge is -2.40. The summed E-state index contributed by atoms with van der Waals surface area (Å²) in [4.78, 5) is 27.1. The number of carbonyl (C=O) groups excluding carboxylic acids is 2. The summed E-state index contributed by atoms with van der Waals surface area (Å²) >= 11 is 0. The first kappa shape index (κ1) is 14.1. The van der Waals surface area contributed by atoms with Crippen molar-refractivity contribution in [3.63, 3.8) is 0 Å². The fourth-order valence-corrected chi connectivity index (χ4v) is 3.63. The molecule has 1 unspecified atom stereocenters. The van der Waals surface area contributed by atoms with E-state index in [0.29, 0.717) is 25.3 Å². The van der Waals surface area contributed by atoms with E-state index in [1.807, 2.05) is 19.9 Å². The number of aryl methyl sites for hydroxylation is 2. The van der Waals surface area contributed by atoms with Crippen LogP contribution in [0.25, 0.3) is 0 Å². The zero-order chi connectivity index (χ0) is 15.0. The number of nitrogens with zero attached hydrogens (tertiary/aromatic N) is 3. The van der Waals surface area contributed by atoms with Crippen LogP contribution in [-0.2, 0) is 11.3 Å². The molecule has 6 nitrogen and oxygen atoms in total. The lowest BCUT2D eigenvalue weighted by atomic mass is 9.86. The van der Waals surface area contributed by atoms with Crippen molar-refractivity contribution in [1.82, 2.24) is 20.0 Å². The lowest BCUT2D eigenvalue weighted by Crippen LogP contribution is -2.60. The molecular weight excluding hydrogens is 268 g/mol. The lowest BCUT2D eigenvalue weighted by molar-refractivity contribution is -0.133. The van der Waals surface area contributed by atoms with E-state index in [2.05, 4.69) is 10.4 Å². The maximum Gasteiger partial charge on any atom is 0.273 e. The van der Waals surface area contributed by atoms with E-state index >= 15 is 0 Å². The van der Waals surface area contributed by atoms with Crippen LogP contribution < -0.4 is 5.32 Å². The van der Waals surface area contributed by atoms with Gasteiger partial charge in [-0.15, -0.1) is 0 Å². The highest BCUT2D eigenvalue weighted by atomic mass is 16.2. The molecule has 1 atom stereocenters. The Hall–Kier alpha value is -1.85. The first-order valence-electron chi connectivity index (χ1n) is 7.73. The van der Waals surface area contributed by atoms with Crippen LogP contribution in [0, 0.1) is 6.92 Å². The Morgan fingerprint density at radius 2 is 2.19 bits per heavy atom. The first-order valence-corrected chi connectivity index (χ1v) is 7.73. The number of carbonyl (C=O) groups is 2. The van der Waals surface area contributed by atoms with Gasteiger partial charge in [-0.2, -0.15) is 5.10 Å². The largest absolute Gasteiger partial charge is 0.354 e. The van der Waals surface area contributed by atoms with Crippen LogP contribution in [0.1, 0.15) is 48.8 Å². The van der Waals surface area contributed by atoms with Crippen molar-refractivity contribution in [3.8, 4) is 0 Å². The summed E-state index contributed by atoms with van der Waals surface area (Å²) in [5, 5.41) is 7.27. The Morgan fingerprint density at radius 1 is 1.43 bits per heavy atom. The molecule has 2 fully saturated rings. The molecule has 0 radical (unpaired) electrons. The molecule has 6 heteroatoms. The Kier molecular flexibility index (Phi) is 3.47. The zero-order valence-corrected chi connectivity index (χ0v) is 12.7. The molecule has 21 heavy (non-hydrogen) atoms. The predicted octanol–water partition coefficient (Wildman–Crippen LogP) is 1.10. The van der Waals surface area contributed by atoms with Gasteiger partial charge in [0, 0.05) is 19.6 Å². The molecular formula is C15H22N4O2. The van der Waals surface area contributed by atoms with Crippen molar-refractivity contribution >= 4 is 11.8 Å². The third-order valence-electron chi connectivity index (χ3n) is 4.63. The van der Waals surface area contributed by atoms with E-state index in [-0.39, 0.29) is 11.8 Å². The fourth-order valence-electron chi connectivity index (χ4n) is 3.63. The topological polar surface area (TPSA) is 67.2 Å². The summed E-state index contributed by atoms with van der Waals surface area (Å²) in [5.41, 5.74) is 0.794. The Bertz CT molecular complexity index is 580. The molecule has 0 bridgehead atoms. The monoisotopic (exact) mass is 290 g/mol. The summed E-state index contributed by atoms with van der Waals surface area (Å²) < 4.78 is 1.73. The van der Waals surface area contributed by atoms with Crippen molar-refractivity contribution in [3.05, 3.63) is 17.5 Å². The molecule has 0 aromatic carbocycles. The maximum absolute atomic E-state index is 12.9. The molecule has 0 saturated carbocycles. The summed E-state index contributed by atoms with van der Waals surface area (Å²) in [5.74, 6) is -0.0501. The van der Waals surface area contributed by atoms with Crippen molar-refractivity contribution in [2.75, 3.05) is 13.1 Å². The van der Waals surface area contributed by atoms with Crippen molar-refractivity contribution in [2.45, 2.75) is 51.6 Å². The Balaban J connectivity index is 1.94. The molecule has 1 aromatic heterocycles. The number of amides is 2. The van der Waals surface area contributed by atoms with Gasteiger partial charge in [-0.25, -0.2) is 0 Å². The second-order valence-electron chi connectivity index (χ2n) is 5.94. The summed E-state index contributed by atoms with van der Waals surface area (Å²) in [6.45, 7) is 5.88. The number of nitrogens with one attached hydrogen (secondary N) is 1. The second-order valence-corrected chi connectivity index (χ2v) is 5.94. The van der Waals surface area contributed by atoms with Crippen LogP contribution >= 0.6 is 0 Å². The van der Waals surface area contributed by atoms with E-state index in [1.165, 1.54) is 0 Å². The molecule has 2 amide bonds. The van der Waals surface area contributed by atoms with Crippen LogP contribution in [0.4, 0.5) is 0 Å². The van der Waals surface area contributed by atoms with Crippen LogP contribution in [0.5, 0.6) is 0 Å². The SMILES string of the molecule is CCn1nc(C)cc1C(=O)N1CCCC12CCCNC2=O. The molecule has 2 saturated heterocycles. The van der Waals surface area contributed by atoms with Gasteiger partial charge in [0.1, 0.15) is 11.2 Å². The van der Waals surface area contributed by atoms with Gasteiger partial charge in [-0.1, -0.05) is 0 Å². The molecule has 114 valence electrons. The highest BCUT2D eigenvalue weighted by molar-refractivity contribution is 5.99. The maximum atomic E-state index is 12.9. The van der Waals surface area contributed by atoms with Gasteiger partial charge in [0.25, 0.3) is 5.91 Å². The molecule has 1 aromatic rings. The van der Waals surface area contributed by atoms with Crippen LogP contribution in [-0.4, -0.2) is 45.1 Å². The molecule has 2 aliphatic rings. The van der Waals surface area contributed by atoms with Crippen LogP contribution in [0.2, 0.25) is 0 Å². The normalized spacial score (nSPS) is 25.4. The summed E-state index contributed by atoms with van der Waals surface area (Å²) in [7, 11) is 0. The van der Waals surface area contributed by atoms with Crippen molar-refractivity contribution < 1.29 is 9.59 Å². The third-order valence-corrected chi connectivity index (χ3v) is 4.63. The number of hydrogen-bond acceptors (Lipinski definition) is 3. The average molecular weight is 290 g/mol.